The van der Waals surface area contributed by atoms with Crippen LogP contribution in [-0.2, 0) is 4.79 Å². The van der Waals surface area contributed by atoms with E-state index >= 15 is 0 Å². The number of carboxylic acid groups (broad SMARTS) is 1. The van der Waals surface area contributed by atoms with Crippen LogP contribution in [0.15, 0.2) is 24.3 Å². The molecule has 1 heterocycles. The summed E-state index contributed by atoms with van der Waals surface area (Å²) in [6.45, 7) is 6.41. The van der Waals surface area contributed by atoms with Crippen LogP contribution >= 0.6 is 0 Å². The van der Waals surface area contributed by atoms with Gasteiger partial charge in [0.05, 0.1) is 12.5 Å². The highest BCUT2D eigenvalue weighted by atomic mass is 16.5. The maximum Gasteiger partial charge on any atom is 0.307 e. The number of benzene rings is 1. The summed E-state index contributed by atoms with van der Waals surface area (Å²) in [6, 6.07) is 8.45. The van der Waals surface area contributed by atoms with E-state index in [1.165, 1.54) is 5.56 Å². The molecule has 0 aliphatic carbocycles. The van der Waals surface area contributed by atoms with Crippen molar-refractivity contribution >= 4 is 5.97 Å². The first-order chi connectivity index (χ1) is 10.2. The van der Waals surface area contributed by atoms with Gasteiger partial charge >= 0.3 is 5.97 Å². The highest BCUT2D eigenvalue weighted by molar-refractivity contribution is 5.70. The van der Waals surface area contributed by atoms with Crippen LogP contribution in [0.1, 0.15) is 44.7 Å². The van der Waals surface area contributed by atoms with Gasteiger partial charge in [-0.3, -0.25) is 9.69 Å². The zero-order chi connectivity index (χ0) is 15.2. The summed E-state index contributed by atoms with van der Waals surface area (Å²) in [7, 11) is 0. The molecule has 2 unspecified atom stereocenters. The van der Waals surface area contributed by atoms with E-state index in [-0.39, 0.29) is 12.0 Å². The van der Waals surface area contributed by atoms with Gasteiger partial charge in [-0.1, -0.05) is 19.1 Å². The standard InChI is InChI=1S/C17H25NO3/c1-3-16(13-7-5-9-15(11-13)21-4-2)18-10-6-8-14(12-18)17(19)20/h5,7,9,11,14,16H,3-4,6,8,10,12H2,1-2H3,(H,19,20). The van der Waals surface area contributed by atoms with Crippen molar-refractivity contribution in [3.8, 4) is 5.75 Å². The number of carboxylic acids is 1. The largest absolute Gasteiger partial charge is 0.494 e. The summed E-state index contributed by atoms with van der Waals surface area (Å²) in [5.41, 5.74) is 1.22. The number of piperidine rings is 1. The Balaban J connectivity index is 2.14. The smallest absolute Gasteiger partial charge is 0.307 e. The van der Waals surface area contributed by atoms with Gasteiger partial charge in [-0.25, -0.2) is 0 Å². The van der Waals surface area contributed by atoms with Gasteiger partial charge in [0.25, 0.3) is 0 Å². The van der Waals surface area contributed by atoms with Gasteiger partial charge in [0.15, 0.2) is 0 Å². The fraction of sp³-hybridized carbons (Fsp3) is 0.588. The third-order valence-electron chi connectivity index (χ3n) is 4.18. The first-order valence-electron chi connectivity index (χ1n) is 7.85. The Kier molecular flexibility index (Phi) is 5.62. The fourth-order valence-corrected chi connectivity index (χ4v) is 3.17. The minimum atomic E-state index is -0.669. The van der Waals surface area contributed by atoms with Crippen molar-refractivity contribution in [3.05, 3.63) is 29.8 Å². The Morgan fingerprint density at radius 3 is 2.95 bits per heavy atom. The SMILES string of the molecule is CCOc1cccc(C(CC)N2CCCC(C(=O)O)C2)c1. The molecule has 0 bridgehead atoms. The van der Waals surface area contributed by atoms with Crippen molar-refractivity contribution in [3.63, 3.8) is 0 Å². The zero-order valence-electron chi connectivity index (χ0n) is 12.9. The molecular formula is C17H25NO3. The van der Waals surface area contributed by atoms with E-state index in [4.69, 9.17) is 4.74 Å². The summed E-state index contributed by atoms with van der Waals surface area (Å²) in [6.07, 6.45) is 2.72. The third-order valence-corrected chi connectivity index (χ3v) is 4.18. The van der Waals surface area contributed by atoms with Crippen LogP contribution < -0.4 is 4.74 Å². The van der Waals surface area contributed by atoms with Crippen LogP contribution in [-0.4, -0.2) is 35.7 Å². The first kappa shape index (κ1) is 15.8. The number of hydrogen-bond acceptors (Lipinski definition) is 3. The number of aliphatic carboxylic acids is 1. The molecule has 116 valence electrons. The number of likely N-dealkylation sites (tertiary alicyclic amines) is 1. The summed E-state index contributed by atoms with van der Waals surface area (Å²) in [5, 5.41) is 9.25. The van der Waals surface area contributed by atoms with E-state index in [1.807, 2.05) is 19.1 Å². The van der Waals surface area contributed by atoms with Gasteiger partial charge in [0.1, 0.15) is 5.75 Å². The monoisotopic (exact) mass is 291 g/mol. The van der Waals surface area contributed by atoms with Crippen LogP contribution in [0, 0.1) is 5.92 Å². The Labute approximate surface area is 126 Å². The van der Waals surface area contributed by atoms with Crippen molar-refractivity contribution in [1.82, 2.24) is 4.90 Å². The second kappa shape index (κ2) is 7.46. The summed E-state index contributed by atoms with van der Waals surface area (Å²) in [5.74, 6) is -0.0132. The molecule has 2 atom stereocenters. The molecule has 0 amide bonds. The summed E-state index contributed by atoms with van der Waals surface area (Å²) >= 11 is 0. The van der Waals surface area contributed by atoms with E-state index in [0.29, 0.717) is 13.2 Å². The van der Waals surface area contributed by atoms with Crippen molar-refractivity contribution in [2.24, 2.45) is 5.92 Å². The molecule has 1 fully saturated rings. The molecule has 21 heavy (non-hydrogen) atoms. The lowest BCUT2D eigenvalue weighted by molar-refractivity contribution is -0.144. The van der Waals surface area contributed by atoms with Gasteiger partial charge in [-0.2, -0.15) is 0 Å². The van der Waals surface area contributed by atoms with Crippen molar-refractivity contribution in [2.75, 3.05) is 19.7 Å². The average Bonchev–Trinajstić information content (AvgIpc) is 2.49. The van der Waals surface area contributed by atoms with E-state index in [9.17, 15) is 9.90 Å². The van der Waals surface area contributed by atoms with Crippen LogP contribution in [0.3, 0.4) is 0 Å². The number of carbonyl (C=O) groups is 1. The predicted octanol–water partition coefficient (Wildman–Crippen LogP) is 3.33. The molecule has 0 saturated carbocycles. The minimum absolute atomic E-state index is 0.233. The van der Waals surface area contributed by atoms with E-state index in [0.717, 1.165) is 31.6 Å². The number of ether oxygens (including phenoxy) is 1. The summed E-state index contributed by atoms with van der Waals surface area (Å²) < 4.78 is 5.58. The van der Waals surface area contributed by atoms with Crippen molar-refractivity contribution in [2.45, 2.75) is 39.2 Å². The predicted molar refractivity (Wildman–Crippen MR) is 82.6 cm³/mol. The van der Waals surface area contributed by atoms with Gasteiger partial charge in [0, 0.05) is 12.6 Å². The molecule has 4 nitrogen and oxygen atoms in total. The van der Waals surface area contributed by atoms with E-state index in [1.54, 1.807) is 0 Å². The molecule has 1 N–H and O–H groups in total. The second-order valence-electron chi connectivity index (χ2n) is 5.60. The van der Waals surface area contributed by atoms with Crippen LogP contribution in [0.5, 0.6) is 5.75 Å². The lowest BCUT2D eigenvalue weighted by Gasteiger charge is -2.37. The maximum atomic E-state index is 11.2. The van der Waals surface area contributed by atoms with Gasteiger partial charge in [-0.05, 0) is 50.4 Å². The number of nitrogens with zero attached hydrogens (tertiary/aromatic N) is 1. The number of hydrogen-bond donors (Lipinski definition) is 1. The molecule has 1 aromatic rings. The van der Waals surface area contributed by atoms with Gasteiger partial charge in [-0.15, -0.1) is 0 Å². The maximum absolute atomic E-state index is 11.2. The van der Waals surface area contributed by atoms with Crippen LogP contribution in [0.2, 0.25) is 0 Å². The minimum Gasteiger partial charge on any atom is -0.494 e. The third kappa shape index (κ3) is 3.97. The zero-order valence-corrected chi connectivity index (χ0v) is 12.9. The molecule has 2 rings (SSSR count). The molecular weight excluding hydrogens is 266 g/mol. The quantitative estimate of drug-likeness (QED) is 0.873. The van der Waals surface area contributed by atoms with Crippen LogP contribution in [0.25, 0.3) is 0 Å². The van der Waals surface area contributed by atoms with E-state index in [2.05, 4.69) is 24.0 Å². The Morgan fingerprint density at radius 1 is 1.48 bits per heavy atom. The Morgan fingerprint density at radius 2 is 2.29 bits per heavy atom. The van der Waals surface area contributed by atoms with Gasteiger partial charge < -0.3 is 9.84 Å². The van der Waals surface area contributed by atoms with Crippen LogP contribution in [0.4, 0.5) is 0 Å². The number of rotatable bonds is 6. The Hall–Kier alpha value is -1.55. The molecule has 1 aromatic carbocycles. The molecule has 1 aliphatic rings. The topological polar surface area (TPSA) is 49.8 Å². The van der Waals surface area contributed by atoms with Crippen molar-refractivity contribution in [1.29, 1.82) is 0 Å². The lowest BCUT2D eigenvalue weighted by atomic mass is 9.94. The van der Waals surface area contributed by atoms with E-state index < -0.39 is 5.97 Å². The average molecular weight is 291 g/mol. The molecule has 0 radical (unpaired) electrons. The molecule has 0 spiro atoms. The lowest BCUT2D eigenvalue weighted by Crippen LogP contribution is -2.40. The highest BCUT2D eigenvalue weighted by Gasteiger charge is 2.29. The molecule has 4 heteroatoms. The summed E-state index contributed by atoms with van der Waals surface area (Å²) in [4.78, 5) is 13.6. The fourth-order valence-electron chi connectivity index (χ4n) is 3.17. The normalized spacial score (nSPS) is 21.0. The van der Waals surface area contributed by atoms with Crippen molar-refractivity contribution < 1.29 is 14.6 Å². The first-order valence-corrected chi connectivity index (χ1v) is 7.85. The Bertz CT molecular complexity index is 475. The molecule has 1 saturated heterocycles. The highest BCUT2D eigenvalue weighted by Crippen LogP contribution is 2.31. The molecule has 1 aliphatic heterocycles. The van der Waals surface area contributed by atoms with Gasteiger partial charge in [0.2, 0.25) is 0 Å². The second-order valence-corrected chi connectivity index (χ2v) is 5.60. The molecule has 0 aromatic heterocycles.